The quantitative estimate of drug-likeness (QED) is 0.656. The molecule has 1 fully saturated rings. The highest BCUT2D eigenvalue weighted by atomic mass is 31.2. The van der Waals surface area contributed by atoms with E-state index in [4.69, 9.17) is 4.52 Å². The van der Waals surface area contributed by atoms with Crippen LogP contribution >= 0.6 is 7.91 Å². The Morgan fingerprint density at radius 2 is 2.08 bits per heavy atom. The summed E-state index contributed by atoms with van der Waals surface area (Å²) in [5, 5.41) is 0. The fraction of sp³-hybridized carbons (Fsp3) is 1.00. The fourth-order valence-electron chi connectivity index (χ4n) is 1.68. The molecule has 0 aromatic heterocycles. The second-order valence-electron chi connectivity index (χ2n) is 3.52. The predicted molar refractivity (Wildman–Crippen MR) is 48.2 cm³/mol. The van der Waals surface area contributed by atoms with Crippen molar-refractivity contribution < 1.29 is 17.8 Å². The molecule has 5 heteroatoms. The molecule has 0 aromatic carbocycles. The molecular formula is C8H16FO3P. The van der Waals surface area contributed by atoms with E-state index in [1.807, 2.05) is 13.8 Å². The van der Waals surface area contributed by atoms with Gasteiger partial charge in [-0.25, -0.2) is 4.57 Å². The number of hydrogen-bond acceptors (Lipinski definition) is 3. The van der Waals surface area contributed by atoms with Gasteiger partial charge in [-0.05, 0) is 19.8 Å². The lowest BCUT2D eigenvalue weighted by molar-refractivity contribution is -0.0525. The molecule has 0 N–H and O–H groups in total. The van der Waals surface area contributed by atoms with E-state index in [0.29, 0.717) is 0 Å². The van der Waals surface area contributed by atoms with Crippen molar-refractivity contribution in [3.05, 3.63) is 0 Å². The normalized spacial score (nSPS) is 38.9. The molecule has 0 saturated carbocycles. The SMILES string of the molecule is CCC1(CC)COP(=O)(F)OC1C. The van der Waals surface area contributed by atoms with Gasteiger partial charge in [-0.15, -0.1) is 4.20 Å². The van der Waals surface area contributed by atoms with E-state index in [2.05, 4.69) is 4.52 Å². The first kappa shape index (κ1) is 11.2. The van der Waals surface area contributed by atoms with Crippen LogP contribution in [0.1, 0.15) is 33.6 Å². The van der Waals surface area contributed by atoms with E-state index in [-0.39, 0.29) is 18.1 Å². The first-order valence-electron chi connectivity index (χ1n) is 4.58. The lowest BCUT2D eigenvalue weighted by Gasteiger charge is -2.41. The van der Waals surface area contributed by atoms with Crippen molar-refractivity contribution in [1.29, 1.82) is 0 Å². The first-order chi connectivity index (χ1) is 5.96. The molecule has 1 saturated heterocycles. The third-order valence-electron chi connectivity index (χ3n) is 3.06. The van der Waals surface area contributed by atoms with E-state index in [1.54, 1.807) is 6.92 Å². The molecule has 13 heavy (non-hydrogen) atoms. The minimum absolute atomic E-state index is 0.181. The van der Waals surface area contributed by atoms with Gasteiger partial charge in [0, 0.05) is 5.41 Å². The Balaban J connectivity index is 2.77. The van der Waals surface area contributed by atoms with Gasteiger partial charge in [0.15, 0.2) is 0 Å². The molecule has 0 aliphatic carbocycles. The molecule has 1 heterocycles. The summed E-state index contributed by atoms with van der Waals surface area (Å²) in [7, 11) is -4.25. The molecule has 3 nitrogen and oxygen atoms in total. The number of hydrogen-bond donors (Lipinski definition) is 0. The van der Waals surface area contributed by atoms with E-state index >= 15 is 0 Å². The van der Waals surface area contributed by atoms with Crippen molar-refractivity contribution in [2.24, 2.45) is 5.41 Å². The molecule has 2 atom stereocenters. The molecule has 0 radical (unpaired) electrons. The van der Waals surface area contributed by atoms with Gasteiger partial charge in [-0.2, -0.15) is 0 Å². The lowest BCUT2D eigenvalue weighted by Crippen LogP contribution is -2.40. The van der Waals surface area contributed by atoms with Crippen LogP contribution in [0.25, 0.3) is 0 Å². The van der Waals surface area contributed by atoms with Crippen molar-refractivity contribution >= 4 is 7.91 Å². The van der Waals surface area contributed by atoms with Gasteiger partial charge in [-0.1, -0.05) is 13.8 Å². The van der Waals surface area contributed by atoms with Crippen molar-refractivity contribution in [2.75, 3.05) is 6.61 Å². The Labute approximate surface area is 78.3 Å². The molecule has 0 aromatic rings. The minimum atomic E-state index is -4.25. The van der Waals surface area contributed by atoms with Gasteiger partial charge < -0.3 is 0 Å². The highest BCUT2D eigenvalue weighted by molar-refractivity contribution is 7.48. The Hall–Kier alpha value is 0.0800. The number of rotatable bonds is 2. The maximum absolute atomic E-state index is 12.8. The first-order valence-corrected chi connectivity index (χ1v) is 6.02. The smallest absolute Gasteiger partial charge is 0.283 e. The van der Waals surface area contributed by atoms with E-state index < -0.39 is 7.91 Å². The summed E-state index contributed by atoms with van der Waals surface area (Å²) in [6, 6.07) is 0. The number of halogens is 1. The van der Waals surface area contributed by atoms with Crippen molar-refractivity contribution in [2.45, 2.75) is 39.7 Å². The van der Waals surface area contributed by atoms with Gasteiger partial charge in [0.05, 0.1) is 12.7 Å². The summed E-state index contributed by atoms with van der Waals surface area (Å²) in [4.78, 5) is 0. The van der Waals surface area contributed by atoms with Crippen molar-refractivity contribution in [1.82, 2.24) is 0 Å². The summed E-state index contributed by atoms with van der Waals surface area (Å²) in [6.07, 6.45) is 1.34. The van der Waals surface area contributed by atoms with Gasteiger partial charge in [0.2, 0.25) is 0 Å². The predicted octanol–water partition coefficient (Wildman–Crippen LogP) is 3.31. The standard InChI is InChI=1S/C8H16FO3P/c1-4-8(5-2)6-11-13(9,10)12-7(8)3/h7H,4-6H2,1-3H3. The monoisotopic (exact) mass is 210 g/mol. The Bertz CT molecular complexity index is 227. The molecule has 1 rings (SSSR count). The maximum atomic E-state index is 12.8. The summed E-state index contributed by atoms with van der Waals surface area (Å²) >= 11 is 0. The third-order valence-corrected chi connectivity index (χ3v) is 4.07. The molecule has 78 valence electrons. The van der Waals surface area contributed by atoms with Crippen molar-refractivity contribution in [3.8, 4) is 0 Å². The van der Waals surface area contributed by atoms with Gasteiger partial charge in [0.25, 0.3) is 0 Å². The zero-order valence-electron chi connectivity index (χ0n) is 8.25. The second-order valence-corrected chi connectivity index (χ2v) is 4.85. The summed E-state index contributed by atoms with van der Waals surface area (Å²) in [5.74, 6) is 0. The lowest BCUT2D eigenvalue weighted by atomic mass is 9.78. The maximum Gasteiger partial charge on any atom is 0.513 e. The largest absolute Gasteiger partial charge is 0.513 e. The zero-order valence-corrected chi connectivity index (χ0v) is 9.14. The molecule has 0 spiro atoms. The average Bonchev–Trinajstić information content (AvgIpc) is 2.05. The van der Waals surface area contributed by atoms with Crippen LogP contribution in [0.4, 0.5) is 4.20 Å². The van der Waals surface area contributed by atoms with Gasteiger partial charge in [-0.3, -0.25) is 9.05 Å². The Morgan fingerprint density at radius 3 is 2.46 bits per heavy atom. The fourth-order valence-corrected chi connectivity index (χ4v) is 2.76. The highest BCUT2D eigenvalue weighted by Gasteiger charge is 2.45. The highest BCUT2D eigenvalue weighted by Crippen LogP contribution is 2.58. The third kappa shape index (κ3) is 2.12. The molecule has 1 aliphatic rings. The van der Waals surface area contributed by atoms with E-state index in [0.717, 1.165) is 12.8 Å². The minimum Gasteiger partial charge on any atom is -0.283 e. The Morgan fingerprint density at radius 1 is 1.54 bits per heavy atom. The Kier molecular flexibility index (Phi) is 3.16. The molecule has 1 aliphatic heterocycles. The summed E-state index contributed by atoms with van der Waals surface area (Å²) < 4.78 is 33.0. The van der Waals surface area contributed by atoms with Crippen LogP contribution in [0.5, 0.6) is 0 Å². The molecule has 2 unspecified atom stereocenters. The van der Waals surface area contributed by atoms with Crippen LogP contribution < -0.4 is 0 Å². The van der Waals surface area contributed by atoms with Crippen LogP contribution in [0.3, 0.4) is 0 Å². The topological polar surface area (TPSA) is 35.5 Å². The zero-order chi connectivity index (χ0) is 10.1. The average molecular weight is 210 g/mol. The van der Waals surface area contributed by atoms with Crippen molar-refractivity contribution in [3.63, 3.8) is 0 Å². The molecule has 0 amide bonds. The van der Waals surface area contributed by atoms with Crippen LogP contribution in [-0.4, -0.2) is 12.7 Å². The van der Waals surface area contributed by atoms with E-state index in [1.165, 1.54) is 0 Å². The second kappa shape index (κ2) is 3.68. The molecule has 0 bridgehead atoms. The summed E-state index contributed by atoms with van der Waals surface area (Å²) in [5.41, 5.74) is -0.181. The van der Waals surface area contributed by atoms with Crippen LogP contribution in [-0.2, 0) is 13.6 Å². The van der Waals surface area contributed by atoms with Gasteiger partial charge in [0.1, 0.15) is 0 Å². The van der Waals surface area contributed by atoms with Crippen LogP contribution in [0, 0.1) is 5.41 Å². The van der Waals surface area contributed by atoms with E-state index in [9.17, 15) is 8.76 Å². The van der Waals surface area contributed by atoms with Crippen LogP contribution in [0.15, 0.2) is 0 Å². The van der Waals surface area contributed by atoms with Gasteiger partial charge >= 0.3 is 7.91 Å². The van der Waals surface area contributed by atoms with Crippen LogP contribution in [0.2, 0.25) is 0 Å². The molecular weight excluding hydrogens is 194 g/mol. The summed E-state index contributed by atoms with van der Waals surface area (Å²) in [6.45, 7) is 5.94.